The zero-order valence-corrected chi connectivity index (χ0v) is 14.3. The van der Waals surface area contributed by atoms with Gasteiger partial charge in [0.1, 0.15) is 0 Å². The van der Waals surface area contributed by atoms with Crippen LogP contribution in [0.3, 0.4) is 0 Å². The van der Waals surface area contributed by atoms with Gasteiger partial charge in [-0.3, -0.25) is 0 Å². The molecule has 1 saturated heterocycles. The van der Waals surface area contributed by atoms with E-state index in [-0.39, 0.29) is 0 Å². The van der Waals surface area contributed by atoms with Gasteiger partial charge in [0.25, 0.3) is 0 Å². The first-order valence-electron chi connectivity index (χ1n) is 9.53. The Morgan fingerprint density at radius 1 is 0.800 bits per heavy atom. The van der Waals surface area contributed by atoms with Crippen LogP contribution in [0.15, 0.2) is 0 Å². The van der Waals surface area contributed by atoms with Crippen molar-refractivity contribution in [2.45, 2.75) is 97.3 Å². The molecule has 1 aliphatic heterocycles. The van der Waals surface area contributed by atoms with Crippen LogP contribution in [0.4, 0.5) is 0 Å². The van der Waals surface area contributed by atoms with Crippen LogP contribution in [0, 0.1) is 11.8 Å². The third-order valence-electron chi connectivity index (χ3n) is 5.06. The molecule has 120 valence electrons. The van der Waals surface area contributed by atoms with Gasteiger partial charge >= 0.3 is 0 Å². The SMILES string of the molecule is CCCCCCCCC1CCCNCCC(C)CCC1. The van der Waals surface area contributed by atoms with Crippen LogP contribution in [-0.2, 0) is 0 Å². The average Bonchev–Trinajstić information content (AvgIpc) is 2.49. The molecule has 0 aromatic carbocycles. The second-order valence-electron chi connectivity index (χ2n) is 7.14. The van der Waals surface area contributed by atoms with Crippen LogP contribution < -0.4 is 5.32 Å². The molecule has 0 bridgehead atoms. The fourth-order valence-electron chi connectivity index (χ4n) is 3.53. The van der Waals surface area contributed by atoms with E-state index in [4.69, 9.17) is 0 Å². The Morgan fingerprint density at radius 3 is 2.40 bits per heavy atom. The van der Waals surface area contributed by atoms with Crippen LogP contribution in [0.2, 0.25) is 0 Å². The summed E-state index contributed by atoms with van der Waals surface area (Å²) in [5, 5.41) is 3.62. The summed E-state index contributed by atoms with van der Waals surface area (Å²) in [6.45, 7) is 7.23. The van der Waals surface area contributed by atoms with Crippen molar-refractivity contribution in [2.75, 3.05) is 13.1 Å². The monoisotopic (exact) mass is 281 g/mol. The van der Waals surface area contributed by atoms with Gasteiger partial charge in [-0.1, -0.05) is 78.1 Å². The molecule has 0 aromatic rings. The van der Waals surface area contributed by atoms with Gasteiger partial charge in [0, 0.05) is 0 Å². The van der Waals surface area contributed by atoms with Crippen molar-refractivity contribution in [3.63, 3.8) is 0 Å². The Balaban J connectivity index is 2.13. The van der Waals surface area contributed by atoms with Gasteiger partial charge < -0.3 is 5.32 Å². The quantitative estimate of drug-likeness (QED) is 0.570. The van der Waals surface area contributed by atoms with Crippen LogP contribution in [0.5, 0.6) is 0 Å². The van der Waals surface area contributed by atoms with Gasteiger partial charge in [0.15, 0.2) is 0 Å². The Bertz CT molecular complexity index is 202. The third-order valence-corrected chi connectivity index (χ3v) is 5.06. The summed E-state index contributed by atoms with van der Waals surface area (Å²) < 4.78 is 0. The molecule has 20 heavy (non-hydrogen) atoms. The highest BCUT2D eigenvalue weighted by molar-refractivity contribution is 4.66. The predicted molar refractivity (Wildman–Crippen MR) is 91.2 cm³/mol. The second-order valence-corrected chi connectivity index (χ2v) is 7.14. The lowest BCUT2D eigenvalue weighted by Gasteiger charge is -2.17. The molecule has 1 heterocycles. The van der Waals surface area contributed by atoms with Gasteiger partial charge in [0.2, 0.25) is 0 Å². The van der Waals surface area contributed by atoms with Gasteiger partial charge in [-0.2, -0.15) is 0 Å². The van der Waals surface area contributed by atoms with E-state index in [9.17, 15) is 0 Å². The highest BCUT2D eigenvalue weighted by Crippen LogP contribution is 2.24. The fourth-order valence-corrected chi connectivity index (χ4v) is 3.53. The molecule has 2 unspecified atom stereocenters. The summed E-state index contributed by atoms with van der Waals surface area (Å²) in [5.74, 6) is 1.95. The number of unbranched alkanes of at least 4 members (excludes halogenated alkanes) is 5. The Hall–Kier alpha value is -0.0400. The molecule has 1 nitrogen and oxygen atoms in total. The number of rotatable bonds is 7. The summed E-state index contributed by atoms with van der Waals surface area (Å²) in [4.78, 5) is 0. The maximum absolute atomic E-state index is 3.62. The highest BCUT2D eigenvalue weighted by Gasteiger charge is 2.11. The van der Waals surface area contributed by atoms with Crippen molar-refractivity contribution in [3.8, 4) is 0 Å². The lowest BCUT2D eigenvalue weighted by Crippen LogP contribution is -2.18. The van der Waals surface area contributed by atoms with Crippen molar-refractivity contribution in [1.29, 1.82) is 0 Å². The van der Waals surface area contributed by atoms with Gasteiger partial charge in [-0.15, -0.1) is 0 Å². The molecule has 0 amide bonds. The lowest BCUT2D eigenvalue weighted by atomic mass is 9.89. The molecule has 0 saturated carbocycles. The van der Waals surface area contributed by atoms with E-state index < -0.39 is 0 Å². The Kier molecular flexibility index (Phi) is 11.4. The van der Waals surface area contributed by atoms with E-state index in [1.807, 2.05) is 0 Å². The molecular formula is C19H39N. The summed E-state index contributed by atoms with van der Waals surface area (Å²) in [6, 6.07) is 0. The first-order chi connectivity index (χ1) is 9.83. The zero-order chi connectivity index (χ0) is 14.5. The lowest BCUT2D eigenvalue weighted by molar-refractivity contribution is 0.365. The van der Waals surface area contributed by atoms with Crippen LogP contribution >= 0.6 is 0 Å². The standard InChI is InChI=1S/C19H39N/c1-3-4-5-6-7-8-12-19-13-9-11-18(2)15-17-20-16-10-14-19/h18-20H,3-17H2,1-2H3. The van der Waals surface area contributed by atoms with Crippen molar-refractivity contribution >= 4 is 0 Å². The molecule has 1 rings (SSSR count). The molecule has 1 heteroatoms. The molecule has 2 atom stereocenters. The van der Waals surface area contributed by atoms with Gasteiger partial charge in [-0.05, 0) is 44.2 Å². The third kappa shape index (κ3) is 9.80. The van der Waals surface area contributed by atoms with E-state index in [1.54, 1.807) is 0 Å². The minimum Gasteiger partial charge on any atom is -0.317 e. The van der Waals surface area contributed by atoms with Gasteiger partial charge in [-0.25, -0.2) is 0 Å². The minimum absolute atomic E-state index is 0.926. The predicted octanol–water partition coefficient (Wildman–Crippen LogP) is 5.93. The number of hydrogen-bond donors (Lipinski definition) is 1. The fraction of sp³-hybridized carbons (Fsp3) is 1.00. The van der Waals surface area contributed by atoms with Crippen LogP contribution in [-0.4, -0.2) is 13.1 Å². The van der Waals surface area contributed by atoms with E-state index in [1.165, 1.54) is 96.6 Å². The minimum atomic E-state index is 0.926. The second kappa shape index (κ2) is 12.7. The Labute approximate surface area is 128 Å². The normalized spacial score (nSPS) is 26.1. The highest BCUT2D eigenvalue weighted by atomic mass is 14.8. The molecule has 0 aliphatic carbocycles. The van der Waals surface area contributed by atoms with Crippen LogP contribution in [0.25, 0.3) is 0 Å². The molecule has 0 spiro atoms. The molecule has 1 fully saturated rings. The topological polar surface area (TPSA) is 12.0 Å². The Morgan fingerprint density at radius 2 is 1.55 bits per heavy atom. The van der Waals surface area contributed by atoms with Crippen molar-refractivity contribution in [1.82, 2.24) is 5.32 Å². The summed E-state index contributed by atoms with van der Waals surface area (Å²) >= 11 is 0. The average molecular weight is 282 g/mol. The maximum Gasteiger partial charge on any atom is -0.00464 e. The molecular weight excluding hydrogens is 242 g/mol. The largest absolute Gasteiger partial charge is 0.317 e. The zero-order valence-electron chi connectivity index (χ0n) is 14.3. The van der Waals surface area contributed by atoms with Crippen LogP contribution in [0.1, 0.15) is 97.3 Å². The number of hydrogen-bond acceptors (Lipinski definition) is 1. The molecule has 1 aliphatic rings. The summed E-state index contributed by atoms with van der Waals surface area (Å²) in [5.41, 5.74) is 0. The van der Waals surface area contributed by atoms with E-state index in [2.05, 4.69) is 19.2 Å². The van der Waals surface area contributed by atoms with E-state index in [0.29, 0.717) is 0 Å². The number of nitrogens with one attached hydrogen (secondary N) is 1. The summed E-state index contributed by atoms with van der Waals surface area (Å²) in [6.07, 6.45) is 18.9. The smallest absolute Gasteiger partial charge is 0.00464 e. The molecule has 0 radical (unpaired) electrons. The first-order valence-corrected chi connectivity index (χ1v) is 9.53. The maximum atomic E-state index is 3.62. The summed E-state index contributed by atoms with van der Waals surface area (Å²) in [7, 11) is 0. The van der Waals surface area contributed by atoms with Gasteiger partial charge in [0.05, 0.1) is 0 Å². The van der Waals surface area contributed by atoms with Crippen molar-refractivity contribution in [3.05, 3.63) is 0 Å². The van der Waals surface area contributed by atoms with E-state index >= 15 is 0 Å². The molecule has 0 aromatic heterocycles. The van der Waals surface area contributed by atoms with Crippen molar-refractivity contribution < 1.29 is 0 Å². The van der Waals surface area contributed by atoms with Crippen molar-refractivity contribution in [2.24, 2.45) is 11.8 Å². The molecule has 1 N–H and O–H groups in total. The van der Waals surface area contributed by atoms with E-state index in [0.717, 1.165) is 11.8 Å². The first kappa shape index (κ1) is 18.0.